The summed E-state index contributed by atoms with van der Waals surface area (Å²) in [5.74, 6) is -0.524. The molecule has 4 aliphatic heterocycles. The Balaban J connectivity index is 1.24. The lowest BCUT2D eigenvalue weighted by atomic mass is 9.76. The second-order valence-electron chi connectivity index (χ2n) is 16.2. The van der Waals surface area contributed by atoms with Crippen LogP contribution in [0.4, 0.5) is 0 Å². The molecule has 0 N–H and O–H groups in total. The second kappa shape index (κ2) is 14.4. The minimum Gasteiger partial charge on any atom is -0.408 e. The summed E-state index contributed by atoms with van der Waals surface area (Å²) in [5.41, 5.74) is 2.28. The molecule has 0 bridgehead atoms. The molecule has 0 aromatic heterocycles. The van der Waals surface area contributed by atoms with Gasteiger partial charge in [-0.05, 0) is 35.2 Å². The zero-order valence-electron chi connectivity index (χ0n) is 30.3. The van der Waals surface area contributed by atoms with E-state index in [4.69, 9.17) is 32.8 Å². The number of benzene rings is 2. The molecule has 4 heterocycles. The van der Waals surface area contributed by atoms with Crippen LogP contribution >= 0.6 is 0 Å². The average Bonchev–Trinajstić information content (AvgIpc) is 3.66. The van der Waals surface area contributed by atoms with Crippen LogP contribution in [0, 0.1) is 17.8 Å². The molecule has 0 aliphatic carbocycles. The van der Waals surface area contributed by atoms with Crippen LogP contribution in [0.3, 0.4) is 0 Å². The molecule has 48 heavy (non-hydrogen) atoms. The SMILES string of the molecule is C=C[C@H](O[Si](C)(C)C(C)(C)C)[C@@H]1C[C@@H]2O[C@@H]3[C@@H](C)[C@H](C)[C@@]4(C[C@H](OCc5ccccc5)CO4)O[C@H]3[C@@H](OCc3ccccc3)[C@H](C)[C@H]2O1. The fourth-order valence-electron chi connectivity index (χ4n) is 7.82. The monoisotopic (exact) mass is 678 g/mol. The van der Waals surface area contributed by atoms with Gasteiger partial charge in [0.15, 0.2) is 14.1 Å². The van der Waals surface area contributed by atoms with Crippen molar-refractivity contribution < 1.29 is 32.8 Å². The van der Waals surface area contributed by atoms with Crippen LogP contribution in [-0.2, 0) is 46.1 Å². The van der Waals surface area contributed by atoms with Crippen LogP contribution in [-0.4, -0.2) is 69.5 Å². The lowest BCUT2D eigenvalue weighted by Gasteiger charge is -2.51. The standard InChI is InChI=1S/C40H58O7Si/c1-10-32(47-48(8,9)39(5,6)7)33-21-34-35(44-33)27(3)36(42-24-30-19-15-12-16-20-30)38-37(45-34)26(2)28(4)40(46-38)22-31(25-43-40)41-23-29-17-13-11-14-18-29/h10-20,26-28,31-38H,1,21-25H2,2-9H3/t26-,27+,28-,31-,32-,33-,34-,35+,36-,37+,38-,40+/m0/s1. The van der Waals surface area contributed by atoms with E-state index in [1.165, 1.54) is 0 Å². The quantitative estimate of drug-likeness (QED) is 0.186. The Hall–Kier alpha value is -1.88. The van der Waals surface area contributed by atoms with Gasteiger partial charge in [0.1, 0.15) is 6.10 Å². The molecule has 264 valence electrons. The zero-order valence-corrected chi connectivity index (χ0v) is 31.3. The van der Waals surface area contributed by atoms with E-state index in [1.807, 2.05) is 30.3 Å². The van der Waals surface area contributed by atoms with Gasteiger partial charge in [-0.3, -0.25) is 0 Å². The van der Waals surface area contributed by atoms with Gasteiger partial charge in [-0.2, -0.15) is 0 Å². The van der Waals surface area contributed by atoms with Crippen molar-refractivity contribution in [1.82, 2.24) is 0 Å². The van der Waals surface area contributed by atoms with Gasteiger partial charge in [0.05, 0.1) is 62.5 Å². The van der Waals surface area contributed by atoms with Crippen molar-refractivity contribution in [2.45, 2.75) is 140 Å². The van der Waals surface area contributed by atoms with Gasteiger partial charge in [-0.15, -0.1) is 6.58 Å². The van der Waals surface area contributed by atoms with Crippen molar-refractivity contribution in [3.8, 4) is 0 Å². The highest BCUT2D eigenvalue weighted by Gasteiger charge is 2.62. The molecule has 4 aliphatic rings. The third-order valence-corrected chi connectivity index (χ3v) is 16.5. The predicted molar refractivity (Wildman–Crippen MR) is 190 cm³/mol. The van der Waals surface area contributed by atoms with Crippen LogP contribution in [0.2, 0.25) is 18.1 Å². The molecular formula is C40H58O7Si. The maximum atomic E-state index is 7.18. The molecule has 0 radical (unpaired) electrons. The molecule has 2 aromatic rings. The molecule has 1 spiro atoms. The van der Waals surface area contributed by atoms with E-state index in [1.54, 1.807) is 0 Å². The summed E-state index contributed by atoms with van der Waals surface area (Å²) in [7, 11) is -2.05. The van der Waals surface area contributed by atoms with E-state index < -0.39 is 14.1 Å². The van der Waals surface area contributed by atoms with Crippen molar-refractivity contribution in [2.75, 3.05) is 6.61 Å². The first-order valence-corrected chi connectivity index (χ1v) is 21.0. The van der Waals surface area contributed by atoms with E-state index in [9.17, 15) is 0 Å². The third kappa shape index (κ3) is 7.28. The van der Waals surface area contributed by atoms with Crippen molar-refractivity contribution in [1.29, 1.82) is 0 Å². The van der Waals surface area contributed by atoms with Gasteiger partial charge in [0.2, 0.25) is 0 Å². The summed E-state index contributed by atoms with van der Waals surface area (Å²) < 4.78 is 48.0. The van der Waals surface area contributed by atoms with Crippen LogP contribution < -0.4 is 0 Å². The Morgan fingerprint density at radius 2 is 1.50 bits per heavy atom. The Kier molecular flexibility index (Phi) is 10.8. The fraction of sp³-hybridized carbons (Fsp3) is 0.650. The lowest BCUT2D eigenvalue weighted by Crippen LogP contribution is -2.61. The minimum absolute atomic E-state index is 0.00114. The minimum atomic E-state index is -2.05. The zero-order chi connectivity index (χ0) is 34.3. The highest BCUT2D eigenvalue weighted by Crippen LogP contribution is 2.51. The largest absolute Gasteiger partial charge is 0.408 e. The molecule has 0 unspecified atom stereocenters. The van der Waals surface area contributed by atoms with Crippen LogP contribution in [0.1, 0.15) is 65.5 Å². The molecule has 2 aromatic carbocycles. The number of rotatable bonds is 10. The molecule has 4 fully saturated rings. The number of hydrogen-bond acceptors (Lipinski definition) is 7. The van der Waals surface area contributed by atoms with Gasteiger partial charge < -0.3 is 32.8 Å². The van der Waals surface area contributed by atoms with Crippen molar-refractivity contribution in [3.63, 3.8) is 0 Å². The maximum absolute atomic E-state index is 7.18. The number of hydrogen-bond donors (Lipinski definition) is 0. The Labute approximate surface area is 289 Å². The first kappa shape index (κ1) is 35.9. The van der Waals surface area contributed by atoms with E-state index >= 15 is 0 Å². The summed E-state index contributed by atoms with van der Waals surface area (Å²) in [6.45, 7) is 23.8. The molecular weight excluding hydrogens is 621 g/mol. The van der Waals surface area contributed by atoms with Gasteiger partial charge in [0.25, 0.3) is 0 Å². The smallest absolute Gasteiger partial charge is 0.193 e. The van der Waals surface area contributed by atoms with E-state index in [-0.39, 0.29) is 71.6 Å². The summed E-state index contributed by atoms with van der Waals surface area (Å²) in [5, 5.41) is 0.0827. The van der Waals surface area contributed by atoms with Gasteiger partial charge >= 0.3 is 0 Å². The normalized spacial score (nSPS) is 37.5. The van der Waals surface area contributed by atoms with E-state index in [0.29, 0.717) is 26.2 Å². The molecule has 0 amide bonds. The van der Waals surface area contributed by atoms with Gasteiger partial charge in [-0.25, -0.2) is 0 Å². The topological polar surface area (TPSA) is 64.6 Å². The van der Waals surface area contributed by atoms with Crippen LogP contribution in [0.5, 0.6) is 0 Å². The number of ether oxygens (including phenoxy) is 6. The molecule has 12 atom stereocenters. The van der Waals surface area contributed by atoms with Gasteiger partial charge in [-0.1, -0.05) is 108 Å². The third-order valence-electron chi connectivity index (χ3n) is 12.0. The Morgan fingerprint density at radius 1 is 0.875 bits per heavy atom. The second-order valence-corrected chi connectivity index (χ2v) is 20.9. The number of fused-ring (bicyclic) bond motifs is 2. The highest BCUT2D eigenvalue weighted by molar-refractivity contribution is 6.74. The van der Waals surface area contributed by atoms with Crippen molar-refractivity contribution >= 4 is 8.32 Å². The van der Waals surface area contributed by atoms with Crippen LogP contribution in [0.15, 0.2) is 73.3 Å². The summed E-state index contributed by atoms with van der Waals surface area (Å²) >= 11 is 0. The van der Waals surface area contributed by atoms with Gasteiger partial charge in [0, 0.05) is 24.7 Å². The molecule has 4 saturated heterocycles. The predicted octanol–water partition coefficient (Wildman–Crippen LogP) is 8.08. The van der Waals surface area contributed by atoms with Crippen molar-refractivity contribution in [3.05, 3.63) is 84.4 Å². The highest BCUT2D eigenvalue weighted by atomic mass is 28.4. The van der Waals surface area contributed by atoms with Crippen LogP contribution in [0.25, 0.3) is 0 Å². The fourth-order valence-corrected chi connectivity index (χ4v) is 9.10. The average molecular weight is 679 g/mol. The molecule has 7 nitrogen and oxygen atoms in total. The molecule has 6 rings (SSSR count). The first-order valence-electron chi connectivity index (χ1n) is 18.1. The Morgan fingerprint density at radius 3 is 2.10 bits per heavy atom. The summed E-state index contributed by atoms with van der Waals surface area (Å²) in [6, 6.07) is 20.7. The maximum Gasteiger partial charge on any atom is 0.193 e. The van der Waals surface area contributed by atoms with E-state index in [0.717, 1.165) is 17.5 Å². The summed E-state index contributed by atoms with van der Waals surface area (Å²) in [6.07, 6.45) is 1.91. The first-order chi connectivity index (χ1) is 22.8. The Bertz CT molecular complexity index is 1350. The van der Waals surface area contributed by atoms with Crippen molar-refractivity contribution in [2.24, 2.45) is 17.8 Å². The summed E-state index contributed by atoms with van der Waals surface area (Å²) in [4.78, 5) is 0. The lowest BCUT2D eigenvalue weighted by molar-refractivity contribution is -0.340. The molecule has 8 heteroatoms. The molecule has 0 saturated carbocycles. The van der Waals surface area contributed by atoms with E-state index in [2.05, 4.69) is 97.6 Å².